The van der Waals surface area contributed by atoms with Gasteiger partial charge < -0.3 is 19.8 Å². The van der Waals surface area contributed by atoms with Gasteiger partial charge in [0.25, 0.3) is 0 Å². The molecule has 0 aromatic carbocycles. The van der Waals surface area contributed by atoms with Gasteiger partial charge in [-0.3, -0.25) is 0 Å². The molecule has 2 heterocycles. The molecule has 0 unspecified atom stereocenters. The third-order valence-corrected chi connectivity index (χ3v) is 3.83. The Kier molecular flexibility index (Phi) is 3.47. The summed E-state index contributed by atoms with van der Waals surface area (Å²) in [5, 5.41) is 8.36. The van der Waals surface area contributed by atoms with Gasteiger partial charge in [-0.2, -0.15) is 0 Å². The van der Waals surface area contributed by atoms with Crippen molar-refractivity contribution >= 4 is 6.01 Å². The molecule has 0 radical (unpaired) electrons. The number of hydrogen-bond acceptors (Lipinski definition) is 6. The Labute approximate surface area is 106 Å². The second kappa shape index (κ2) is 5.24. The Balaban J connectivity index is 1.65. The fourth-order valence-electron chi connectivity index (χ4n) is 2.64. The van der Waals surface area contributed by atoms with Crippen molar-refractivity contribution in [3.8, 4) is 0 Å². The molecule has 2 fully saturated rings. The summed E-state index contributed by atoms with van der Waals surface area (Å²) in [7, 11) is 0. The molecule has 1 aliphatic heterocycles. The van der Waals surface area contributed by atoms with Gasteiger partial charge in [-0.05, 0) is 25.7 Å². The van der Waals surface area contributed by atoms with Crippen molar-refractivity contribution in [2.75, 3.05) is 31.2 Å². The van der Waals surface area contributed by atoms with E-state index in [-0.39, 0.29) is 0 Å². The van der Waals surface area contributed by atoms with Gasteiger partial charge in [0.2, 0.25) is 5.89 Å². The second-order valence-corrected chi connectivity index (χ2v) is 5.13. The maximum absolute atomic E-state index is 5.91. The lowest BCUT2D eigenvalue weighted by Gasteiger charge is -2.25. The molecule has 6 heteroatoms. The first-order valence-electron chi connectivity index (χ1n) is 6.74. The van der Waals surface area contributed by atoms with Crippen molar-refractivity contribution < 1.29 is 9.15 Å². The van der Waals surface area contributed by atoms with Crippen LogP contribution in [0.2, 0.25) is 0 Å². The molecule has 0 spiro atoms. The predicted molar refractivity (Wildman–Crippen MR) is 66.5 cm³/mol. The minimum atomic E-state index is 0.350. The number of hydrogen-bond donors (Lipinski definition) is 1. The molecule has 3 rings (SSSR count). The van der Waals surface area contributed by atoms with Crippen molar-refractivity contribution in [3.63, 3.8) is 0 Å². The molecule has 0 amide bonds. The van der Waals surface area contributed by atoms with Crippen LogP contribution in [0.25, 0.3) is 0 Å². The van der Waals surface area contributed by atoms with Crippen LogP contribution in [-0.4, -0.2) is 42.5 Å². The minimum Gasteiger partial charge on any atom is -0.408 e. The van der Waals surface area contributed by atoms with E-state index in [0.29, 0.717) is 18.0 Å². The van der Waals surface area contributed by atoms with Crippen LogP contribution in [0.5, 0.6) is 0 Å². The van der Waals surface area contributed by atoms with Crippen molar-refractivity contribution in [2.45, 2.75) is 37.6 Å². The fourth-order valence-corrected chi connectivity index (χ4v) is 2.64. The third-order valence-electron chi connectivity index (χ3n) is 3.83. The van der Waals surface area contributed by atoms with Crippen LogP contribution >= 0.6 is 0 Å². The first kappa shape index (κ1) is 11.9. The molecule has 6 nitrogen and oxygen atoms in total. The highest BCUT2D eigenvalue weighted by molar-refractivity contribution is 5.24. The Morgan fingerprint density at radius 3 is 2.50 bits per heavy atom. The first-order valence-corrected chi connectivity index (χ1v) is 6.74. The number of morpholine rings is 1. The van der Waals surface area contributed by atoms with E-state index in [4.69, 9.17) is 14.9 Å². The highest BCUT2D eigenvalue weighted by Crippen LogP contribution is 2.32. The van der Waals surface area contributed by atoms with Gasteiger partial charge in [-0.15, -0.1) is 5.10 Å². The maximum Gasteiger partial charge on any atom is 0.318 e. The van der Waals surface area contributed by atoms with Gasteiger partial charge >= 0.3 is 6.01 Å². The Hall–Kier alpha value is -1.14. The number of nitrogens with two attached hydrogens (primary N) is 1. The van der Waals surface area contributed by atoms with Crippen LogP contribution in [-0.2, 0) is 4.74 Å². The summed E-state index contributed by atoms with van der Waals surface area (Å²) in [6.07, 6.45) is 4.23. The van der Waals surface area contributed by atoms with Crippen LogP contribution < -0.4 is 10.6 Å². The molecular weight excluding hydrogens is 232 g/mol. The molecule has 1 aromatic rings. The maximum atomic E-state index is 5.91. The normalized spacial score (nSPS) is 29.5. The average molecular weight is 252 g/mol. The summed E-state index contributed by atoms with van der Waals surface area (Å²) in [4.78, 5) is 2.09. The van der Waals surface area contributed by atoms with Crippen LogP contribution in [0.15, 0.2) is 4.42 Å². The minimum absolute atomic E-state index is 0.350. The SMILES string of the molecule is NC1CCC(c2nnc(N3CCOCC3)o2)CC1. The number of aromatic nitrogens is 2. The monoisotopic (exact) mass is 252 g/mol. The van der Waals surface area contributed by atoms with Crippen LogP contribution in [0.3, 0.4) is 0 Å². The van der Waals surface area contributed by atoms with E-state index >= 15 is 0 Å². The molecule has 2 aliphatic rings. The highest BCUT2D eigenvalue weighted by Gasteiger charge is 2.26. The van der Waals surface area contributed by atoms with Crippen LogP contribution in [0.4, 0.5) is 6.01 Å². The standard InChI is InChI=1S/C12H20N4O2/c13-10-3-1-9(2-4-10)11-14-15-12(18-11)16-5-7-17-8-6-16/h9-10H,1-8,13H2. The van der Waals surface area contributed by atoms with Crippen molar-refractivity contribution in [1.29, 1.82) is 0 Å². The summed E-state index contributed by atoms with van der Waals surface area (Å²) < 4.78 is 11.1. The van der Waals surface area contributed by atoms with E-state index in [0.717, 1.165) is 57.9 Å². The molecule has 0 atom stereocenters. The van der Waals surface area contributed by atoms with Crippen molar-refractivity contribution in [3.05, 3.63) is 5.89 Å². The van der Waals surface area contributed by atoms with Gasteiger partial charge in [-0.1, -0.05) is 5.10 Å². The number of anilines is 1. The van der Waals surface area contributed by atoms with Gasteiger partial charge in [-0.25, -0.2) is 0 Å². The molecule has 1 saturated heterocycles. The van der Waals surface area contributed by atoms with Crippen LogP contribution in [0.1, 0.15) is 37.5 Å². The first-order chi connectivity index (χ1) is 8.83. The summed E-state index contributed by atoms with van der Waals surface area (Å²) in [5.74, 6) is 1.18. The van der Waals surface area contributed by atoms with Crippen molar-refractivity contribution in [2.24, 2.45) is 5.73 Å². The number of ether oxygens (including phenoxy) is 1. The molecule has 18 heavy (non-hydrogen) atoms. The Bertz CT molecular complexity index is 381. The van der Waals surface area contributed by atoms with E-state index in [1.165, 1.54) is 0 Å². The Morgan fingerprint density at radius 1 is 1.06 bits per heavy atom. The summed E-state index contributed by atoms with van der Waals surface area (Å²) in [6, 6.07) is 0.992. The van der Waals surface area contributed by atoms with Gasteiger partial charge in [0.05, 0.1) is 13.2 Å². The molecule has 1 aromatic heterocycles. The molecule has 1 saturated carbocycles. The lowest BCUT2D eigenvalue weighted by Crippen LogP contribution is -2.36. The third kappa shape index (κ3) is 2.49. The lowest BCUT2D eigenvalue weighted by molar-refractivity contribution is 0.120. The Morgan fingerprint density at radius 2 is 1.78 bits per heavy atom. The zero-order valence-corrected chi connectivity index (χ0v) is 10.5. The quantitative estimate of drug-likeness (QED) is 0.842. The lowest BCUT2D eigenvalue weighted by atomic mass is 9.86. The molecule has 1 aliphatic carbocycles. The number of nitrogens with zero attached hydrogens (tertiary/aromatic N) is 3. The van der Waals surface area contributed by atoms with Gasteiger partial charge in [0, 0.05) is 25.0 Å². The van der Waals surface area contributed by atoms with E-state index in [1.54, 1.807) is 0 Å². The molecule has 100 valence electrons. The van der Waals surface area contributed by atoms with Crippen molar-refractivity contribution in [1.82, 2.24) is 10.2 Å². The van der Waals surface area contributed by atoms with E-state index in [9.17, 15) is 0 Å². The summed E-state index contributed by atoms with van der Waals surface area (Å²) in [5.41, 5.74) is 5.91. The molecule has 2 N–H and O–H groups in total. The summed E-state index contributed by atoms with van der Waals surface area (Å²) >= 11 is 0. The molecule has 0 bridgehead atoms. The van der Waals surface area contributed by atoms with E-state index in [1.807, 2.05) is 0 Å². The fraction of sp³-hybridized carbons (Fsp3) is 0.833. The zero-order chi connectivity index (χ0) is 12.4. The van der Waals surface area contributed by atoms with Gasteiger partial charge in [0.1, 0.15) is 0 Å². The average Bonchev–Trinajstić information content (AvgIpc) is 2.90. The number of rotatable bonds is 2. The predicted octanol–water partition coefficient (Wildman–Crippen LogP) is 0.891. The largest absolute Gasteiger partial charge is 0.408 e. The van der Waals surface area contributed by atoms with E-state index in [2.05, 4.69) is 15.1 Å². The zero-order valence-electron chi connectivity index (χ0n) is 10.5. The second-order valence-electron chi connectivity index (χ2n) is 5.13. The molecular formula is C12H20N4O2. The van der Waals surface area contributed by atoms with Gasteiger partial charge in [0.15, 0.2) is 0 Å². The smallest absolute Gasteiger partial charge is 0.318 e. The topological polar surface area (TPSA) is 77.4 Å². The highest BCUT2D eigenvalue weighted by atomic mass is 16.5. The summed E-state index contributed by atoms with van der Waals surface area (Å²) in [6.45, 7) is 3.13. The van der Waals surface area contributed by atoms with E-state index < -0.39 is 0 Å². The van der Waals surface area contributed by atoms with Crippen LogP contribution in [0, 0.1) is 0 Å².